The number of benzene rings is 2. The molecular weight excluding hydrogens is 370 g/mol. The second kappa shape index (κ2) is 7.85. The first kappa shape index (κ1) is 18.4. The number of rotatable bonds is 5. The van der Waals surface area contributed by atoms with Crippen LogP contribution in [0.25, 0.3) is 10.1 Å². The summed E-state index contributed by atoms with van der Waals surface area (Å²) < 4.78 is 5.69. The van der Waals surface area contributed by atoms with Crippen LogP contribution in [0.15, 0.2) is 54.6 Å². The SMILES string of the molecule is NC(=O)O[C@H](C(=O)Nc1ccc2cc(C(=O)NO)sc2c1)c1ccccc1. The van der Waals surface area contributed by atoms with Crippen LogP contribution in [0.5, 0.6) is 0 Å². The van der Waals surface area contributed by atoms with Crippen molar-refractivity contribution in [3.8, 4) is 0 Å². The molecule has 0 fully saturated rings. The van der Waals surface area contributed by atoms with Crippen LogP contribution in [0.1, 0.15) is 21.3 Å². The van der Waals surface area contributed by atoms with Crippen LogP contribution in [0.2, 0.25) is 0 Å². The number of thiophene rings is 1. The molecule has 1 atom stereocenters. The lowest BCUT2D eigenvalue weighted by atomic mass is 10.1. The number of hydroxylamine groups is 1. The van der Waals surface area contributed by atoms with Gasteiger partial charge in [0, 0.05) is 16.0 Å². The van der Waals surface area contributed by atoms with Crippen molar-refractivity contribution in [2.75, 3.05) is 5.32 Å². The molecule has 0 bridgehead atoms. The lowest BCUT2D eigenvalue weighted by molar-refractivity contribution is -0.124. The van der Waals surface area contributed by atoms with Crippen LogP contribution < -0.4 is 16.5 Å². The molecule has 3 aromatic rings. The van der Waals surface area contributed by atoms with Gasteiger partial charge in [-0.15, -0.1) is 11.3 Å². The van der Waals surface area contributed by atoms with Crippen molar-refractivity contribution in [1.29, 1.82) is 0 Å². The molecule has 0 spiro atoms. The van der Waals surface area contributed by atoms with Gasteiger partial charge in [-0.3, -0.25) is 14.8 Å². The second-order valence-electron chi connectivity index (χ2n) is 5.52. The molecule has 8 nitrogen and oxygen atoms in total. The number of carbonyl (C=O) groups is 3. The average molecular weight is 385 g/mol. The van der Waals surface area contributed by atoms with Gasteiger partial charge in [0.2, 0.25) is 6.10 Å². The second-order valence-corrected chi connectivity index (χ2v) is 6.60. The molecule has 1 heterocycles. The van der Waals surface area contributed by atoms with Crippen molar-refractivity contribution in [3.05, 3.63) is 65.0 Å². The van der Waals surface area contributed by atoms with E-state index in [1.54, 1.807) is 60.1 Å². The highest BCUT2D eigenvalue weighted by Gasteiger charge is 2.24. The normalized spacial score (nSPS) is 11.6. The molecule has 1 aromatic heterocycles. The Hall–Kier alpha value is -3.43. The molecule has 5 N–H and O–H groups in total. The number of amides is 3. The summed E-state index contributed by atoms with van der Waals surface area (Å²) in [6.45, 7) is 0. The van der Waals surface area contributed by atoms with Gasteiger partial charge in [-0.2, -0.15) is 0 Å². The fourth-order valence-corrected chi connectivity index (χ4v) is 3.49. The number of anilines is 1. The molecule has 2 aromatic carbocycles. The Morgan fingerprint density at radius 2 is 1.81 bits per heavy atom. The summed E-state index contributed by atoms with van der Waals surface area (Å²) in [6.07, 6.45) is -2.26. The number of fused-ring (bicyclic) bond motifs is 1. The van der Waals surface area contributed by atoms with Gasteiger partial charge >= 0.3 is 6.09 Å². The minimum absolute atomic E-state index is 0.329. The molecule has 0 unspecified atom stereocenters. The van der Waals surface area contributed by atoms with Gasteiger partial charge in [0.1, 0.15) is 0 Å². The minimum atomic E-state index is -1.20. The fourth-order valence-electron chi connectivity index (χ4n) is 2.50. The van der Waals surface area contributed by atoms with Gasteiger partial charge in [-0.05, 0) is 23.6 Å². The van der Waals surface area contributed by atoms with E-state index in [9.17, 15) is 14.4 Å². The number of hydrogen-bond donors (Lipinski definition) is 4. The van der Waals surface area contributed by atoms with Gasteiger partial charge in [0.15, 0.2) is 0 Å². The van der Waals surface area contributed by atoms with Gasteiger partial charge in [0.05, 0.1) is 4.88 Å². The Morgan fingerprint density at radius 1 is 1.07 bits per heavy atom. The molecular formula is C18H15N3O5S. The van der Waals surface area contributed by atoms with Crippen molar-refractivity contribution < 1.29 is 24.3 Å². The third-order valence-corrected chi connectivity index (χ3v) is 4.78. The molecule has 9 heteroatoms. The van der Waals surface area contributed by atoms with Gasteiger partial charge < -0.3 is 15.8 Å². The van der Waals surface area contributed by atoms with E-state index in [1.165, 1.54) is 0 Å². The van der Waals surface area contributed by atoms with Crippen molar-refractivity contribution in [1.82, 2.24) is 5.48 Å². The number of hydrogen-bond acceptors (Lipinski definition) is 6. The largest absolute Gasteiger partial charge is 0.431 e. The zero-order valence-corrected chi connectivity index (χ0v) is 14.7. The summed E-state index contributed by atoms with van der Waals surface area (Å²) in [5.74, 6) is -1.18. The lowest BCUT2D eigenvalue weighted by Gasteiger charge is -2.16. The first-order valence-electron chi connectivity index (χ1n) is 7.78. The van der Waals surface area contributed by atoms with E-state index in [2.05, 4.69) is 5.32 Å². The maximum atomic E-state index is 12.6. The van der Waals surface area contributed by atoms with Crippen LogP contribution in [-0.2, 0) is 9.53 Å². The highest BCUT2D eigenvalue weighted by atomic mass is 32.1. The number of ether oxygens (including phenoxy) is 1. The van der Waals surface area contributed by atoms with E-state index in [-0.39, 0.29) is 0 Å². The molecule has 0 saturated heterocycles. The molecule has 0 saturated carbocycles. The Balaban J connectivity index is 1.84. The summed E-state index contributed by atoms with van der Waals surface area (Å²) in [5, 5.41) is 12.2. The van der Waals surface area contributed by atoms with E-state index < -0.39 is 24.0 Å². The highest BCUT2D eigenvalue weighted by Crippen LogP contribution is 2.29. The number of carbonyl (C=O) groups excluding carboxylic acids is 3. The van der Waals surface area contributed by atoms with Gasteiger partial charge in [0.25, 0.3) is 11.8 Å². The van der Waals surface area contributed by atoms with Crippen molar-refractivity contribution >= 4 is 45.0 Å². The first-order valence-corrected chi connectivity index (χ1v) is 8.59. The maximum absolute atomic E-state index is 12.6. The summed E-state index contributed by atoms with van der Waals surface area (Å²) >= 11 is 1.16. The Kier molecular flexibility index (Phi) is 5.34. The van der Waals surface area contributed by atoms with Crippen molar-refractivity contribution in [3.63, 3.8) is 0 Å². The van der Waals surface area contributed by atoms with Gasteiger partial charge in [-0.1, -0.05) is 36.4 Å². The van der Waals surface area contributed by atoms with E-state index in [1.807, 2.05) is 0 Å². The van der Waals surface area contributed by atoms with Gasteiger partial charge in [-0.25, -0.2) is 10.3 Å². The fraction of sp³-hybridized carbons (Fsp3) is 0.0556. The molecule has 0 radical (unpaired) electrons. The maximum Gasteiger partial charge on any atom is 0.405 e. The van der Waals surface area contributed by atoms with Crippen molar-refractivity contribution in [2.24, 2.45) is 5.73 Å². The molecule has 0 aliphatic carbocycles. The smallest absolute Gasteiger partial charge is 0.405 e. The van der Waals surface area contributed by atoms with E-state index in [0.717, 1.165) is 21.4 Å². The predicted molar refractivity (Wildman–Crippen MR) is 99.6 cm³/mol. The third kappa shape index (κ3) is 4.22. The number of primary amides is 1. The van der Waals surface area contributed by atoms with Crippen molar-refractivity contribution in [2.45, 2.75) is 6.10 Å². The summed E-state index contributed by atoms with van der Waals surface area (Å²) in [5.41, 5.74) is 7.60. The zero-order valence-electron chi connectivity index (χ0n) is 13.8. The van der Waals surface area contributed by atoms with E-state index >= 15 is 0 Å². The Morgan fingerprint density at radius 3 is 2.48 bits per heavy atom. The monoisotopic (exact) mass is 385 g/mol. The van der Waals surface area contributed by atoms with Crippen LogP contribution in [0.4, 0.5) is 10.5 Å². The Bertz CT molecular complexity index is 1000. The Labute approximate surface area is 157 Å². The molecule has 3 amide bonds. The molecule has 0 aliphatic heterocycles. The molecule has 138 valence electrons. The highest BCUT2D eigenvalue weighted by molar-refractivity contribution is 7.20. The number of nitrogens with one attached hydrogen (secondary N) is 2. The van der Waals surface area contributed by atoms with Crippen LogP contribution in [0, 0.1) is 0 Å². The summed E-state index contributed by atoms with van der Waals surface area (Å²) in [6, 6.07) is 15.2. The lowest BCUT2D eigenvalue weighted by Crippen LogP contribution is -2.28. The molecule has 3 rings (SSSR count). The van der Waals surface area contributed by atoms with Crippen LogP contribution in [-0.4, -0.2) is 23.1 Å². The third-order valence-electron chi connectivity index (χ3n) is 3.69. The van der Waals surface area contributed by atoms with Crippen LogP contribution >= 0.6 is 11.3 Å². The van der Waals surface area contributed by atoms with E-state index in [0.29, 0.717) is 16.1 Å². The average Bonchev–Trinajstić information content (AvgIpc) is 3.09. The standard InChI is InChI=1S/C18H15N3O5S/c19-18(24)26-15(10-4-2-1-3-5-10)17(23)20-12-7-6-11-8-14(16(22)21-25)27-13(11)9-12/h1-9,15,25H,(H2,19,24)(H,20,23)(H,21,22)/t15-/m0/s1. The number of nitrogens with two attached hydrogens (primary N) is 1. The zero-order chi connectivity index (χ0) is 19.4. The summed E-state index contributed by atoms with van der Waals surface area (Å²) in [7, 11) is 0. The first-order chi connectivity index (χ1) is 13.0. The molecule has 0 aliphatic rings. The topological polar surface area (TPSA) is 131 Å². The van der Waals surface area contributed by atoms with E-state index in [4.69, 9.17) is 15.7 Å². The molecule has 27 heavy (non-hydrogen) atoms. The van der Waals surface area contributed by atoms with Crippen LogP contribution in [0.3, 0.4) is 0 Å². The summed E-state index contributed by atoms with van der Waals surface area (Å²) in [4.78, 5) is 35.6. The predicted octanol–water partition coefficient (Wildman–Crippen LogP) is 2.80. The quantitative estimate of drug-likeness (QED) is 0.396. The minimum Gasteiger partial charge on any atom is -0.431 e.